The van der Waals surface area contributed by atoms with E-state index in [1.807, 2.05) is 0 Å². The standard InChI is InChI=1S/C9H17Br3ClO4P/c1-8(2-3-13,17-18(14,15)16)4-9(5-10,6-11)7-12/h2-7H2,1H3,(H2,14,15,16). The molecule has 0 aromatic carbocycles. The number of halogens is 4. The number of phosphoric acid groups is 1. The maximum atomic E-state index is 11.1. The van der Waals surface area contributed by atoms with Crippen molar-refractivity contribution in [2.24, 2.45) is 5.41 Å². The molecule has 0 aliphatic rings. The van der Waals surface area contributed by atoms with Crippen LogP contribution in [0.2, 0.25) is 0 Å². The van der Waals surface area contributed by atoms with Crippen LogP contribution in [-0.4, -0.2) is 37.3 Å². The van der Waals surface area contributed by atoms with Crippen LogP contribution in [0.25, 0.3) is 0 Å². The summed E-state index contributed by atoms with van der Waals surface area (Å²) in [5.41, 5.74) is -1.16. The summed E-state index contributed by atoms with van der Waals surface area (Å²) in [5, 5.41) is 2.04. The number of hydrogen-bond acceptors (Lipinski definition) is 2. The predicted octanol–water partition coefficient (Wildman–Crippen LogP) is 4.04. The van der Waals surface area contributed by atoms with E-state index in [0.29, 0.717) is 28.8 Å². The first-order chi connectivity index (χ1) is 8.16. The van der Waals surface area contributed by atoms with E-state index in [1.165, 1.54) is 0 Å². The number of phosphoric ester groups is 1. The van der Waals surface area contributed by atoms with Gasteiger partial charge in [-0.1, -0.05) is 47.8 Å². The maximum absolute atomic E-state index is 11.1. The molecule has 2 N–H and O–H groups in total. The van der Waals surface area contributed by atoms with Crippen molar-refractivity contribution >= 4 is 67.2 Å². The Morgan fingerprint density at radius 1 is 1.22 bits per heavy atom. The van der Waals surface area contributed by atoms with Crippen LogP contribution in [0.15, 0.2) is 0 Å². The molecule has 0 rings (SSSR count). The van der Waals surface area contributed by atoms with Gasteiger partial charge in [0.05, 0.1) is 5.60 Å². The molecule has 18 heavy (non-hydrogen) atoms. The van der Waals surface area contributed by atoms with Crippen LogP contribution in [0.4, 0.5) is 0 Å². The van der Waals surface area contributed by atoms with Crippen LogP contribution in [0.5, 0.6) is 0 Å². The Labute approximate surface area is 138 Å². The number of rotatable bonds is 9. The van der Waals surface area contributed by atoms with Crippen molar-refractivity contribution in [2.45, 2.75) is 25.4 Å². The fraction of sp³-hybridized carbons (Fsp3) is 1.00. The largest absolute Gasteiger partial charge is 0.470 e. The molecule has 0 aliphatic heterocycles. The highest BCUT2D eigenvalue weighted by Gasteiger charge is 2.41. The van der Waals surface area contributed by atoms with Gasteiger partial charge in [0.2, 0.25) is 0 Å². The van der Waals surface area contributed by atoms with E-state index in [1.54, 1.807) is 6.92 Å². The Morgan fingerprint density at radius 3 is 1.94 bits per heavy atom. The van der Waals surface area contributed by atoms with Crippen molar-refractivity contribution in [3.8, 4) is 0 Å². The first-order valence-corrected chi connectivity index (χ1v) is 10.6. The van der Waals surface area contributed by atoms with Gasteiger partial charge in [-0.15, -0.1) is 11.6 Å². The van der Waals surface area contributed by atoms with Gasteiger partial charge in [-0.05, 0) is 19.8 Å². The summed E-state index contributed by atoms with van der Waals surface area (Å²) >= 11 is 16.0. The van der Waals surface area contributed by atoms with Gasteiger partial charge in [-0.3, -0.25) is 4.52 Å². The molecule has 0 spiro atoms. The van der Waals surface area contributed by atoms with E-state index in [-0.39, 0.29) is 11.3 Å². The number of hydrogen-bond donors (Lipinski definition) is 2. The average Bonchev–Trinajstić information content (AvgIpc) is 2.24. The van der Waals surface area contributed by atoms with Gasteiger partial charge in [0.15, 0.2) is 0 Å². The highest BCUT2D eigenvalue weighted by molar-refractivity contribution is 9.10. The second kappa shape index (κ2) is 8.32. The third kappa shape index (κ3) is 7.02. The van der Waals surface area contributed by atoms with Crippen molar-refractivity contribution in [1.29, 1.82) is 0 Å². The van der Waals surface area contributed by atoms with Crippen molar-refractivity contribution in [3.05, 3.63) is 0 Å². The first-order valence-electron chi connectivity index (χ1n) is 5.16. The molecular formula is C9H17Br3ClO4P. The fourth-order valence-corrected chi connectivity index (χ4v) is 6.21. The lowest BCUT2D eigenvalue weighted by atomic mass is 9.81. The van der Waals surface area contributed by atoms with Gasteiger partial charge in [0, 0.05) is 27.3 Å². The summed E-state index contributed by atoms with van der Waals surface area (Å²) < 4.78 is 16.0. The molecule has 0 saturated heterocycles. The minimum absolute atomic E-state index is 0.198. The SMILES string of the molecule is CC(CCCl)(CC(CBr)(CBr)CBr)OP(=O)(O)O. The van der Waals surface area contributed by atoms with E-state index in [9.17, 15) is 4.57 Å². The molecule has 0 aliphatic carbocycles. The molecule has 0 aromatic heterocycles. The second-order valence-electron chi connectivity index (χ2n) is 4.55. The third-order valence-electron chi connectivity index (χ3n) is 2.56. The van der Waals surface area contributed by atoms with Crippen LogP contribution in [0, 0.1) is 5.41 Å². The Bertz CT molecular complexity index is 289. The molecule has 4 nitrogen and oxygen atoms in total. The van der Waals surface area contributed by atoms with Gasteiger partial charge in [0.25, 0.3) is 0 Å². The van der Waals surface area contributed by atoms with E-state index in [0.717, 1.165) is 0 Å². The van der Waals surface area contributed by atoms with E-state index >= 15 is 0 Å². The van der Waals surface area contributed by atoms with Crippen molar-refractivity contribution in [1.82, 2.24) is 0 Å². The fourth-order valence-electron chi connectivity index (χ4n) is 1.70. The molecule has 110 valence electrons. The minimum Gasteiger partial charge on any atom is -0.303 e. The van der Waals surface area contributed by atoms with Gasteiger partial charge in [0.1, 0.15) is 0 Å². The predicted molar refractivity (Wildman–Crippen MR) is 85.3 cm³/mol. The summed E-state index contributed by atoms with van der Waals surface area (Å²) in [6.07, 6.45) is 0.841. The average molecular weight is 495 g/mol. The molecule has 0 saturated carbocycles. The van der Waals surface area contributed by atoms with Crippen LogP contribution < -0.4 is 0 Å². The summed E-state index contributed by atoms with van der Waals surface area (Å²) in [6.45, 7) is 1.68. The molecule has 9 heteroatoms. The molecule has 0 radical (unpaired) electrons. The molecule has 0 amide bonds. The van der Waals surface area contributed by atoms with Crippen molar-refractivity contribution in [2.75, 3.05) is 21.9 Å². The third-order valence-corrected chi connectivity index (χ3v) is 7.00. The Balaban J connectivity index is 5.05. The van der Waals surface area contributed by atoms with Crippen LogP contribution in [0.3, 0.4) is 0 Å². The molecule has 0 bridgehead atoms. The van der Waals surface area contributed by atoms with E-state index < -0.39 is 13.4 Å². The molecule has 1 unspecified atom stereocenters. The quantitative estimate of drug-likeness (QED) is 0.374. The zero-order valence-electron chi connectivity index (χ0n) is 9.91. The van der Waals surface area contributed by atoms with Gasteiger partial charge < -0.3 is 9.79 Å². The monoisotopic (exact) mass is 492 g/mol. The van der Waals surface area contributed by atoms with Crippen LogP contribution in [0.1, 0.15) is 19.8 Å². The lowest BCUT2D eigenvalue weighted by Gasteiger charge is -2.38. The summed E-state index contributed by atoms with van der Waals surface area (Å²) in [5.74, 6) is 0.277. The first kappa shape index (κ1) is 19.8. The molecule has 0 fully saturated rings. The summed E-state index contributed by atoms with van der Waals surface area (Å²) in [7, 11) is -4.54. The van der Waals surface area contributed by atoms with Crippen molar-refractivity contribution in [3.63, 3.8) is 0 Å². The molecular weight excluding hydrogens is 478 g/mol. The van der Waals surface area contributed by atoms with E-state index in [4.69, 9.17) is 25.9 Å². The maximum Gasteiger partial charge on any atom is 0.470 e. The van der Waals surface area contributed by atoms with Gasteiger partial charge in [-0.2, -0.15) is 0 Å². The number of alkyl halides is 4. The second-order valence-corrected chi connectivity index (χ2v) is 7.77. The minimum atomic E-state index is -4.54. The molecule has 0 heterocycles. The van der Waals surface area contributed by atoms with Crippen LogP contribution >= 0.6 is 67.2 Å². The molecule has 1 atom stereocenters. The van der Waals surface area contributed by atoms with E-state index in [2.05, 4.69) is 47.8 Å². The Morgan fingerprint density at radius 2 is 1.67 bits per heavy atom. The highest BCUT2D eigenvalue weighted by Crippen LogP contribution is 2.47. The Hall–Kier alpha value is 1.84. The Kier molecular flexibility index (Phi) is 9.17. The highest BCUT2D eigenvalue weighted by atomic mass is 79.9. The topological polar surface area (TPSA) is 66.8 Å². The zero-order valence-corrected chi connectivity index (χ0v) is 16.3. The smallest absolute Gasteiger partial charge is 0.303 e. The zero-order chi connectivity index (χ0) is 14.4. The van der Waals surface area contributed by atoms with Crippen molar-refractivity contribution < 1.29 is 18.9 Å². The van der Waals surface area contributed by atoms with Gasteiger partial charge >= 0.3 is 7.82 Å². The van der Waals surface area contributed by atoms with Gasteiger partial charge in [-0.25, -0.2) is 4.57 Å². The summed E-state index contributed by atoms with van der Waals surface area (Å²) in [4.78, 5) is 18.0. The molecule has 0 aromatic rings. The lowest BCUT2D eigenvalue weighted by molar-refractivity contribution is 0.0171. The summed E-state index contributed by atoms with van der Waals surface area (Å²) in [6, 6.07) is 0. The normalized spacial score (nSPS) is 16.6. The van der Waals surface area contributed by atoms with Crippen LogP contribution in [-0.2, 0) is 9.09 Å². The lowest BCUT2D eigenvalue weighted by Crippen LogP contribution is -2.40.